The number of hydrogen-bond donors (Lipinski definition) is 2. The van der Waals surface area contributed by atoms with Gasteiger partial charge >= 0.3 is 0 Å². The number of aliphatic hydroxyl groups excluding tert-OH is 1. The monoisotopic (exact) mass is 379 g/mol. The Labute approximate surface area is 158 Å². The van der Waals surface area contributed by atoms with E-state index in [2.05, 4.69) is 12.2 Å². The van der Waals surface area contributed by atoms with Crippen molar-refractivity contribution in [3.8, 4) is 0 Å². The van der Waals surface area contributed by atoms with Crippen molar-refractivity contribution < 1.29 is 13.5 Å². The summed E-state index contributed by atoms with van der Waals surface area (Å²) >= 11 is 0. The van der Waals surface area contributed by atoms with E-state index in [4.69, 9.17) is 0 Å². The topological polar surface area (TPSA) is 66.4 Å². The van der Waals surface area contributed by atoms with Crippen molar-refractivity contribution in [2.75, 3.05) is 0 Å². The van der Waals surface area contributed by atoms with Crippen LogP contribution in [0.3, 0.4) is 0 Å². The molecule has 2 fully saturated rings. The molecule has 1 aliphatic heterocycles. The van der Waals surface area contributed by atoms with Gasteiger partial charge in [0.25, 0.3) is 0 Å². The number of benzene rings is 1. The summed E-state index contributed by atoms with van der Waals surface area (Å²) in [6, 6.07) is 10.1. The van der Waals surface area contributed by atoms with Crippen molar-refractivity contribution in [3.63, 3.8) is 0 Å². The third-order valence-corrected chi connectivity index (χ3v) is 8.81. The molecular weight excluding hydrogens is 346 g/mol. The standard InChI is InChI=1S/C21H33NO3S/c1-2-3-5-10-20-19(22-17-11-13-18(23)14-12-17)15-21(26(20,24)25)16-8-6-4-7-9-16/h4,6-9,17-23H,2-3,5,10-15H2,1H3. The molecule has 0 radical (unpaired) electrons. The van der Waals surface area contributed by atoms with Crippen molar-refractivity contribution in [2.45, 2.75) is 93.4 Å². The predicted molar refractivity (Wildman–Crippen MR) is 106 cm³/mol. The van der Waals surface area contributed by atoms with Gasteiger partial charge in [0.2, 0.25) is 0 Å². The lowest BCUT2D eigenvalue weighted by molar-refractivity contribution is 0.114. The van der Waals surface area contributed by atoms with Crippen LogP contribution >= 0.6 is 0 Å². The van der Waals surface area contributed by atoms with E-state index in [0.717, 1.165) is 56.9 Å². The molecule has 1 aliphatic carbocycles. The van der Waals surface area contributed by atoms with Crippen LogP contribution in [0.2, 0.25) is 0 Å². The van der Waals surface area contributed by atoms with Gasteiger partial charge in [-0.1, -0.05) is 56.5 Å². The van der Waals surface area contributed by atoms with Crippen LogP contribution in [0, 0.1) is 0 Å². The minimum absolute atomic E-state index is 0.0299. The molecule has 2 N–H and O–H groups in total. The fourth-order valence-corrected chi connectivity index (χ4v) is 7.21. The molecule has 1 aromatic rings. The van der Waals surface area contributed by atoms with Crippen molar-refractivity contribution >= 4 is 9.84 Å². The van der Waals surface area contributed by atoms with Crippen LogP contribution in [0.5, 0.6) is 0 Å². The first-order chi connectivity index (χ1) is 12.5. The Morgan fingerprint density at radius 2 is 1.77 bits per heavy atom. The molecule has 3 unspecified atom stereocenters. The quantitative estimate of drug-likeness (QED) is 0.708. The zero-order valence-corrected chi connectivity index (χ0v) is 16.6. The van der Waals surface area contributed by atoms with Crippen LogP contribution in [0.15, 0.2) is 30.3 Å². The highest BCUT2D eigenvalue weighted by Crippen LogP contribution is 2.41. The van der Waals surface area contributed by atoms with Crippen LogP contribution in [-0.4, -0.2) is 37.0 Å². The van der Waals surface area contributed by atoms with E-state index in [9.17, 15) is 13.5 Å². The normalized spacial score (nSPS) is 34.0. The second-order valence-corrected chi connectivity index (χ2v) is 10.4. The summed E-state index contributed by atoms with van der Waals surface area (Å²) in [6.07, 6.45) is 7.93. The zero-order valence-electron chi connectivity index (χ0n) is 15.8. The van der Waals surface area contributed by atoms with Crippen LogP contribution < -0.4 is 5.32 Å². The Bertz CT molecular complexity index is 653. The van der Waals surface area contributed by atoms with Crippen molar-refractivity contribution in [3.05, 3.63) is 35.9 Å². The molecule has 0 bridgehead atoms. The van der Waals surface area contributed by atoms with Crippen molar-refractivity contribution in [2.24, 2.45) is 0 Å². The molecule has 1 saturated heterocycles. The Balaban J connectivity index is 1.76. The Kier molecular flexibility index (Phi) is 6.76. The van der Waals surface area contributed by atoms with Crippen molar-refractivity contribution in [1.29, 1.82) is 0 Å². The van der Waals surface area contributed by atoms with Crippen LogP contribution in [0.1, 0.15) is 75.5 Å². The first-order valence-electron chi connectivity index (χ1n) is 10.2. The molecule has 0 aromatic heterocycles. The van der Waals surface area contributed by atoms with Gasteiger partial charge in [-0.05, 0) is 44.1 Å². The lowest BCUT2D eigenvalue weighted by Gasteiger charge is -2.30. The fraction of sp³-hybridized carbons (Fsp3) is 0.714. The highest BCUT2D eigenvalue weighted by molar-refractivity contribution is 7.92. The molecular formula is C21H33NO3S. The lowest BCUT2D eigenvalue weighted by atomic mass is 9.91. The molecule has 146 valence electrons. The second-order valence-electron chi connectivity index (χ2n) is 8.04. The number of rotatable bonds is 7. The maximum absolute atomic E-state index is 13.3. The number of unbranched alkanes of at least 4 members (excludes halogenated alkanes) is 2. The van der Waals surface area contributed by atoms with Gasteiger partial charge in [0.05, 0.1) is 16.6 Å². The molecule has 0 amide bonds. The summed E-state index contributed by atoms with van der Waals surface area (Å²) in [5, 5.41) is 12.7. The van der Waals surface area contributed by atoms with Crippen LogP contribution in [-0.2, 0) is 9.84 Å². The third kappa shape index (κ3) is 4.49. The summed E-state index contributed by atoms with van der Waals surface area (Å²) in [7, 11) is -3.18. The molecule has 2 aliphatic rings. The van der Waals surface area contributed by atoms with Gasteiger partial charge in [-0.15, -0.1) is 0 Å². The number of sulfone groups is 1. The van der Waals surface area contributed by atoms with Gasteiger partial charge in [0.15, 0.2) is 9.84 Å². The van der Waals surface area contributed by atoms with E-state index in [-0.39, 0.29) is 22.6 Å². The molecule has 4 nitrogen and oxygen atoms in total. The van der Waals surface area contributed by atoms with Gasteiger partial charge in [-0.25, -0.2) is 8.42 Å². The minimum atomic E-state index is -3.18. The average molecular weight is 380 g/mol. The first-order valence-corrected chi connectivity index (χ1v) is 11.8. The summed E-state index contributed by atoms with van der Waals surface area (Å²) in [5.41, 5.74) is 0.927. The Hall–Kier alpha value is -0.910. The van der Waals surface area contributed by atoms with E-state index in [1.54, 1.807) is 0 Å². The molecule has 5 heteroatoms. The molecule has 26 heavy (non-hydrogen) atoms. The summed E-state index contributed by atoms with van der Waals surface area (Å²) < 4.78 is 26.6. The molecule has 1 aromatic carbocycles. The Morgan fingerprint density at radius 1 is 1.08 bits per heavy atom. The average Bonchev–Trinajstić information content (AvgIpc) is 2.88. The van der Waals surface area contributed by atoms with Gasteiger partial charge in [0.1, 0.15) is 0 Å². The largest absolute Gasteiger partial charge is 0.393 e. The van der Waals surface area contributed by atoms with Crippen LogP contribution in [0.4, 0.5) is 0 Å². The molecule has 3 rings (SSSR count). The lowest BCUT2D eigenvalue weighted by Crippen LogP contribution is -2.46. The smallest absolute Gasteiger partial charge is 0.161 e. The number of aliphatic hydroxyl groups is 1. The molecule has 0 spiro atoms. The van der Waals surface area contributed by atoms with Gasteiger partial charge in [-0.2, -0.15) is 0 Å². The van der Waals surface area contributed by atoms with E-state index in [1.165, 1.54) is 0 Å². The number of nitrogens with one attached hydrogen (secondary N) is 1. The number of hydrogen-bond acceptors (Lipinski definition) is 4. The van der Waals surface area contributed by atoms with E-state index in [1.807, 2.05) is 30.3 Å². The van der Waals surface area contributed by atoms with Gasteiger partial charge in [-0.3, -0.25) is 0 Å². The maximum atomic E-state index is 13.3. The molecule has 1 heterocycles. The van der Waals surface area contributed by atoms with Gasteiger partial charge < -0.3 is 10.4 Å². The summed E-state index contributed by atoms with van der Waals surface area (Å²) in [6.45, 7) is 2.15. The second kappa shape index (κ2) is 8.85. The summed E-state index contributed by atoms with van der Waals surface area (Å²) in [4.78, 5) is 0. The first kappa shape index (κ1) is 19.8. The highest BCUT2D eigenvalue weighted by atomic mass is 32.2. The van der Waals surface area contributed by atoms with Gasteiger partial charge in [0, 0.05) is 12.1 Å². The molecule has 1 saturated carbocycles. The third-order valence-electron chi connectivity index (χ3n) is 6.15. The van der Waals surface area contributed by atoms with E-state index < -0.39 is 9.84 Å². The van der Waals surface area contributed by atoms with E-state index in [0.29, 0.717) is 12.5 Å². The Morgan fingerprint density at radius 3 is 2.42 bits per heavy atom. The van der Waals surface area contributed by atoms with E-state index >= 15 is 0 Å². The highest BCUT2D eigenvalue weighted by Gasteiger charge is 2.48. The maximum Gasteiger partial charge on any atom is 0.161 e. The SMILES string of the molecule is CCCCCC1C(NC2CCC(O)CC2)CC(c2ccccc2)S1(=O)=O. The van der Waals surface area contributed by atoms with Crippen molar-refractivity contribution in [1.82, 2.24) is 5.32 Å². The molecule has 3 atom stereocenters. The minimum Gasteiger partial charge on any atom is -0.393 e. The zero-order chi connectivity index (χ0) is 18.6. The summed E-state index contributed by atoms with van der Waals surface area (Å²) in [5.74, 6) is 0. The van der Waals surface area contributed by atoms with Crippen LogP contribution in [0.25, 0.3) is 0 Å². The fourth-order valence-electron chi connectivity index (χ4n) is 4.63. The predicted octanol–water partition coefficient (Wildman–Crippen LogP) is 3.76.